The summed E-state index contributed by atoms with van der Waals surface area (Å²) in [6, 6.07) is 10.5. The summed E-state index contributed by atoms with van der Waals surface area (Å²) >= 11 is 12.4. The summed E-state index contributed by atoms with van der Waals surface area (Å²) in [6.07, 6.45) is 3.08. The van der Waals surface area contributed by atoms with Gasteiger partial charge in [-0.3, -0.25) is 13.9 Å². The molecule has 0 heterocycles. The monoisotopic (exact) mass is 571 g/mol. The predicted octanol–water partition coefficient (Wildman–Crippen LogP) is 4.88. The number of ether oxygens (including phenoxy) is 1. The third-order valence-corrected chi connectivity index (χ3v) is 7.41. The molecule has 1 unspecified atom stereocenters. The normalized spacial score (nSPS) is 12.1. The van der Waals surface area contributed by atoms with Crippen molar-refractivity contribution in [3.8, 4) is 5.75 Å². The lowest BCUT2D eigenvalue weighted by Crippen LogP contribution is -2.52. The minimum atomic E-state index is -3.83. The number of carbonyl (C=O) groups is 2. The number of carbonyl (C=O) groups excluding carboxylic acids is 2. The first-order chi connectivity index (χ1) is 17.5. The molecule has 204 valence electrons. The Balaban J connectivity index is 2.42. The van der Waals surface area contributed by atoms with Crippen molar-refractivity contribution in [2.45, 2.75) is 52.6 Å². The van der Waals surface area contributed by atoms with E-state index in [9.17, 15) is 18.0 Å². The van der Waals surface area contributed by atoms with Crippen molar-refractivity contribution in [1.29, 1.82) is 0 Å². The summed E-state index contributed by atoms with van der Waals surface area (Å²) in [7, 11) is -3.83. The number of halogens is 2. The van der Waals surface area contributed by atoms with Crippen molar-refractivity contribution in [1.82, 2.24) is 10.2 Å². The van der Waals surface area contributed by atoms with E-state index in [0.29, 0.717) is 46.6 Å². The van der Waals surface area contributed by atoms with Crippen molar-refractivity contribution in [3.05, 3.63) is 58.1 Å². The lowest BCUT2D eigenvalue weighted by molar-refractivity contribution is -0.140. The van der Waals surface area contributed by atoms with Crippen molar-refractivity contribution < 1.29 is 22.7 Å². The first-order valence-corrected chi connectivity index (χ1v) is 14.8. The fourth-order valence-corrected chi connectivity index (χ4v) is 5.07. The molecule has 8 nitrogen and oxygen atoms in total. The Morgan fingerprint density at radius 2 is 1.73 bits per heavy atom. The third kappa shape index (κ3) is 9.09. The fraction of sp³-hybridized carbons (Fsp3) is 0.462. The average Bonchev–Trinajstić information content (AvgIpc) is 2.84. The number of nitrogens with zero attached hydrogens (tertiary/aromatic N) is 2. The van der Waals surface area contributed by atoms with E-state index >= 15 is 0 Å². The molecule has 0 saturated carbocycles. The molecule has 1 atom stereocenters. The molecule has 2 amide bonds. The maximum absolute atomic E-state index is 13.7. The molecular weight excluding hydrogens is 537 g/mol. The summed E-state index contributed by atoms with van der Waals surface area (Å²) in [6.45, 7) is 6.13. The van der Waals surface area contributed by atoms with Crippen LogP contribution in [0.1, 0.15) is 45.6 Å². The number of anilines is 1. The van der Waals surface area contributed by atoms with Gasteiger partial charge in [-0.25, -0.2) is 8.42 Å². The van der Waals surface area contributed by atoms with E-state index in [1.165, 1.54) is 4.90 Å². The van der Waals surface area contributed by atoms with Crippen molar-refractivity contribution in [2.24, 2.45) is 0 Å². The second-order valence-electron chi connectivity index (χ2n) is 8.52. The van der Waals surface area contributed by atoms with Crippen molar-refractivity contribution in [2.75, 3.05) is 30.3 Å². The van der Waals surface area contributed by atoms with E-state index < -0.39 is 28.5 Å². The fourth-order valence-electron chi connectivity index (χ4n) is 3.75. The molecule has 2 rings (SSSR count). The molecule has 37 heavy (non-hydrogen) atoms. The zero-order valence-electron chi connectivity index (χ0n) is 21.7. The summed E-state index contributed by atoms with van der Waals surface area (Å²) in [5.74, 6) is -0.260. The van der Waals surface area contributed by atoms with Crippen LogP contribution in [0, 0.1) is 0 Å². The van der Waals surface area contributed by atoms with Gasteiger partial charge < -0.3 is 15.0 Å². The third-order valence-electron chi connectivity index (χ3n) is 5.69. The van der Waals surface area contributed by atoms with Crippen LogP contribution in [0.15, 0.2) is 42.5 Å². The molecule has 0 fully saturated rings. The van der Waals surface area contributed by atoms with E-state index in [-0.39, 0.29) is 12.5 Å². The van der Waals surface area contributed by atoms with E-state index in [2.05, 4.69) is 5.32 Å². The van der Waals surface area contributed by atoms with Crippen molar-refractivity contribution >= 4 is 50.7 Å². The van der Waals surface area contributed by atoms with E-state index in [1.54, 1.807) is 49.4 Å². The van der Waals surface area contributed by atoms with Crippen LogP contribution in [0.2, 0.25) is 10.0 Å². The SMILES string of the molecule is CCCCNC(=O)C(CC)N(Cc1ccc(Cl)cc1Cl)C(=O)CN(c1ccc(OCC)cc1)S(C)(=O)=O. The number of rotatable bonds is 14. The van der Waals surface area contributed by atoms with Crippen LogP contribution in [0.3, 0.4) is 0 Å². The van der Waals surface area contributed by atoms with Gasteiger partial charge in [0.25, 0.3) is 0 Å². The number of benzene rings is 2. The Morgan fingerprint density at radius 1 is 1.05 bits per heavy atom. The van der Waals surface area contributed by atoms with Crippen LogP contribution in [0.25, 0.3) is 0 Å². The van der Waals surface area contributed by atoms with Crippen LogP contribution < -0.4 is 14.4 Å². The molecule has 0 aromatic heterocycles. The Morgan fingerprint density at radius 3 is 2.27 bits per heavy atom. The highest BCUT2D eigenvalue weighted by Gasteiger charge is 2.32. The predicted molar refractivity (Wildman–Crippen MR) is 149 cm³/mol. The Kier molecular flexibility index (Phi) is 12.0. The van der Waals surface area contributed by atoms with Gasteiger partial charge in [-0.1, -0.05) is 49.5 Å². The first-order valence-electron chi connectivity index (χ1n) is 12.2. The Labute approximate surface area is 229 Å². The number of nitrogens with one attached hydrogen (secondary N) is 1. The van der Waals surface area contributed by atoms with Gasteiger partial charge >= 0.3 is 0 Å². The summed E-state index contributed by atoms with van der Waals surface area (Å²) in [5, 5.41) is 3.67. The van der Waals surface area contributed by atoms with Gasteiger partial charge in [0, 0.05) is 23.1 Å². The molecule has 0 aliphatic carbocycles. The van der Waals surface area contributed by atoms with Crippen LogP contribution in [-0.2, 0) is 26.2 Å². The van der Waals surface area contributed by atoms with Gasteiger partial charge in [-0.05, 0) is 61.7 Å². The zero-order chi connectivity index (χ0) is 27.6. The Hall–Kier alpha value is -2.49. The summed E-state index contributed by atoms with van der Waals surface area (Å²) in [5.41, 5.74) is 0.899. The van der Waals surface area contributed by atoms with Crippen LogP contribution in [0.5, 0.6) is 5.75 Å². The molecular formula is C26H35Cl2N3O5S. The average molecular weight is 573 g/mol. The topological polar surface area (TPSA) is 96.0 Å². The lowest BCUT2D eigenvalue weighted by atomic mass is 10.1. The molecule has 0 bridgehead atoms. The largest absolute Gasteiger partial charge is 0.494 e. The summed E-state index contributed by atoms with van der Waals surface area (Å²) in [4.78, 5) is 28.2. The highest BCUT2D eigenvalue weighted by Crippen LogP contribution is 2.25. The van der Waals surface area contributed by atoms with Crippen LogP contribution in [0.4, 0.5) is 5.69 Å². The molecule has 0 radical (unpaired) electrons. The standard InChI is InChI=1S/C26H35Cl2N3O5S/c1-5-8-15-29-26(33)24(6-2)30(17-19-9-10-20(27)16-23(19)28)25(32)18-31(37(4,34)35)21-11-13-22(14-12-21)36-7-3/h9-14,16,24H,5-8,15,17-18H2,1-4H3,(H,29,33). The second-order valence-corrected chi connectivity index (χ2v) is 11.3. The lowest BCUT2D eigenvalue weighted by Gasteiger charge is -2.33. The number of amides is 2. The van der Waals surface area contributed by atoms with Gasteiger partial charge in [-0.2, -0.15) is 0 Å². The minimum absolute atomic E-state index is 0.00934. The molecule has 0 aliphatic heterocycles. The van der Waals surface area contributed by atoms with Crippen molar-refractivity contribution in [3.63, 3.8) is 0 Å². The maximum Gasteiger partial charge on any atom is 0.244 e. The van der Waals surface area contributed by atoms with Crippen LogP contribution in [-0.4, -0.2) is 57.1 Å². The van der Waals surface area contributed by atoms with E-state index in [4.69, 9.17) is 27.9 Å². The number of hydrogen-bond acceptors (Lipinski definition) is 5. The minimum Gasteiger partial charge on any atom is -0.494 e. The summed E-state index contributed by atoms with van der Waals surface area (Å²) < 4.78 is 31.9. The quantitative estimate of drug-likeness (QED) is 0.326. The zero-order valence-corrected chi connectivity index (χ0v) is 24.0. The molecule has 0 saturated heterocycles. The van der Waals surface area contributed by atoms with Gasteiger partial charge in [0.2, 0.25) is 21.8 Å². The molecule has 0 spiro atoms. The van der Waals surface area contributed by atoms with E-state index in [1.807, 2.05) is 13.8 Å². The van der Waals surface area contributed by atoms with Gasteiger partial charge in [0.05, 0.1) is 18.6 Å². The number of hydrogen-bond donors (Lipinski definition) is 1. The van der Waals surface area contributed by atoms with E-state index in [0.717, 1.165) is 23.4 Å². The maximum atomic E-state index is 13.7. The van der Waals surface area contributed by atoms with Gasteiger partial charge in [-0.15, -0.1) is 0 Å². The molecule has 2 aromatic carbocycles. The van der Waals surface area contributed by atoms with Gasteiger partial charge in [0.1, 0.15) is 18.3 Å². The van der Waals surface area contributed by atoms with Crippen LogP contribution >= 0.6 is 23.2 Å². The highest BCUT2D eigenvalue weighted by molar-refractivity contribution is 7.92. The molecule has 11 heteroatoms. The smallest absolute Gasteiger partial charge is 0.244 e. The molecule has 2 aromatic rings. The Bertz CT molecular complexity index is 1160. The number of unbranched alkanes of at least 4 members (excludes halogenated alkanes) is 1. The first kappa shape index (κ1) is 30.7. The molecule has 1 N–H and O–H groups in total. The number of sulfonamides is 1. The van der Waals surface area contributed by atoms with Gasteiger partial charge in [0.15, 0.2) is 0 Å². The second kappa shape index (κ2) is 14.4. The highest BCUT2D eigenvalue weighted by atomic mass is 35.5. The molecule has 0 aliphatic rings.